The maximum absolute atomic E-state index is 12.3. The van der Waals surface area contributed by atoms with Crippen molar-refractivity contribution in [2.45, 2.75) is 4.90 Å². The molecule has 0 aliphatic rings. The molecule has 0 bridgehead atoms. The van der Waals surface area contributed by atoms with E-state index in [-0.39, 0.29) is 4.90 Å². The second-order valence-corrected chi connectivity index (χ2v) is 6.63. The van der Waals surface area contributed by atoms with Gasteiger partial charge in [0, 0.05) is 5.69 Å². The summed E-state index contributed by atoms with van der Waals surface area (Å²) in [5.74, 6) is 0.548. The lowest BCUT2D eigenvalue weighted by Crippen LogP contribution is -2.13. The lowest BCUT2D eigenvalue weighted by molar-refractivity contribution is 0.411. The standard InChI is InChI=1S/C14H11BrN2O3S/c1-20-14-7-6-12(8-13(14)15)21(18,19)17-11-4-2-10(9-16)3-5-11/h2-8,17H,1H3. The Labute approximate surface area is 131 Å². The number of methoxy groups -OCH3 is 1. The zero-order valence-electron chi connectivity index (χ0n) is 11.0. The number of hydrogen-bond acceptors (Lipinski definition) is 4. The number of sulfonamides is 1. The molecule has 0 fully saturated rings. The minimum Gasteiger partial charge on any atom is -0.496 e. The summed E-state index contributed by atoms with van der Waals surface area (Å²) in [5, 5.41) is 8.71. The van der Waals surface area contributed by atoms with Crippen molar-refractivity contribution in [2.24, 2.45) is 0 Å². The lowest BCUT2D eigenvalue weighted by atomic mass is 10.2. The van der Waals surface area contributed by atoms with Crippen LogP contribution in [0, 0.1) is 11.3 Å². The van der Waals surface area contributed by atoms with Crippen LogP contribution in [0.1, 0.15) is 5.56 Å². The van der Waals surface area contributed by atoms with Crippen molar-refractivity contribution in [2.75, 3.05) is 11.8 Å². The van der Waals surface area contributed by atoms with Gasteiger partial charge in [0.25, 0.3) is 10.0 Å². The van der Waals surface area contributed by atoms with Gasteiger partial charge in [-0.1, -0.05) is 0 Å². The summed E-state index contributed by atoms with van der Waals surface area (Å²) >= 11 is 3.25. The Balaban J connectivity index is 2.29. The van der Waals surface area contributed by atoms with Crippen molar-refractivity contribution in [3.8, 4) is 11.8 Å². The molecule has 7 heteroatoms. The summed E-state index contributed by atoms with van der Waals surface area (Å²) in [6, 6.07) is 12.6. The van der Waals surface area contributed by atoms with Crippen molar-refractivity contribution in [1.82, 2.24) is 0 Å². The fraction of sp³-hybridized carbons (Fsp3) is 0.0714. The van der Waals surface area contributed by atoms with Crippen LogP contribution in [0.15, 0.2) is 51.8 Å². The predicted octanol–water partition coefficient (Wildman–Crippen LogP) is 3.13. The van der Waals surface area contributed by atoms with Gasteiger partial charge in [0.1, 0.15) is 5.75 Å². The summed E-state index contributed by atoms with van der Waals surface area (Å²) in [5.41, 5.74) is 0.853. The molecule has 2 aromatic carbocycles. The summed E-state index contributed by atoms with van der Waals surface area (Å²) in [6.45, 7) is 0. The van der Waals surface area contributed by atoms with E-state index in [0.717, 1.165) is 0 Å². The summed E-state index contributed by atoms with van der Waals surface area (Å²) in [6.07, 6.45) is 0. The van der Waals surface area contributed by atoms with Crippen molar-refractivity contribution < 1.29 is 13.2 Å². The van der Waals surface area contributed by atoms with Gasteiger partial charge in [-0.2, -0.15) is 5.26 Å². The Kier molecular flexibility index (Phi) is 4.50. The summed E-state index contributed by atoms with van der Waals surface area (Å²) < 4.78 is 32.6. The van der Waals surface area contributed by atoms with Crippen molar-refractivity contribution in [3.05, 3.63) is 52.5 Å². The molecule has 0 heterocycles. The van der Waals surface area contributed by atoms with Gasteiger partial charge < -0.3 is 4.74 Å². The van der Waals surface area contributed by atoms with Crippen LogP contribution >= 0.6 is 15.9 Å². The molecule has 0 radical (unpaired) electrons. The fourth-order valence-corrected chi connectivity index (χ4v) is 3.42. The maximum Gasteiger partial charge on any atom is 0.261 e. The van der Waals surface area contributed by atoms with Crippen LogP contribution in [-0.4, -0.2) is 15.5 Å². The molecule has 0 aliphatic carbocycles. The second kappa shape index (κ2) is 6.16. The summed E-state index contributed by atoms with van der Waals surface area (Å²) in [7, 11) is -2.20. The molecular weight excluding hydrogens is 356 g/mol. The normalized spacial score (nSPS) is 10.7. The number of ether oxygens (including phenoxy) is 1. The van der Waals surface area contributed by atoms with Gasteiger partial charge in [-0.3, -0.25) is 4.72 Å². The molecule has 0 spiro atoms. The van der Waals surface area contributed by atoms with E-state index in [1.807, 2.05) is 6.07 Å². The topological polar surface area (TPSA) is 79.2 Å². The largest absolute Gasteiger partial charge is 0.496 e. The molecule has 0 saturated carbocycles. The Morgan fingerprint density at radius 2 is 1.86 bits per heavy atom. The van der Waals surface area contributed by atoms with Gasteiger partial charge in [0.15, 0.2) is 0 Å². The molecule has 5 nitrogen and oxygen atoms in total. The van der Waals surface area contributed by atoms with Crippen LogP contribution < -0.4 is 9.46 Å². The average Bonchev–Trinajstić information content (AvgIpc) is 2.47. The molecule has 0 atom stereocenters. The van der Waals surface area contributed by atoms with Crippen LogP contribution in [0.2, 0.25) is 0 Å². The van der Waals surface area contributed by atoms with Crippen LogP contribution in [0.4, 0.5) is 5.69 Å². The third-order valence-electron chi connectivity index (χ3n) is 2.70. The van der Waals surface area contributed by atoms with E-state index >= 15 is 0 Å². The molecular formula is C14H11BrN2O3S. The number of nitrogens with zero attached hydrogens (tertiary/aromatic N) is 1. The van der Waals surface area contributed by atoms with Crippen molar-refractivity contribution in [3.63, 3.8) is 0 Å². The van der Waals surface area contributed by atoms with Crippen molar-refractivity contribution in [1.29, 1.82) is 5.26 Å². The fourth-order valence-electron chi connectivity index (χ4n) is 1.64. The highest BCUT2D eigenvalue weighted by atomic mass is 79.9. The van der Waals surface area contributed by atoms with Crippen LogP contribution in [0.25, 0.3) is 0 Å². The minimum absolute atomic E-state index is 0.111. The van der Waals surface area contributed by atoms with Crippen LogP contribution in [-0.2, 0) is 10.0 Å². The number of nitriles is 1. The maximum atomic E-state index is 12.3. The zero-order valence-corrected chi connectivity index (χ0v) is 13.4. The number of nitrogens with one attached hydrogen (secondary N) is 1. The molecule has 0 unspecified atom stereocenters. The first-order valence-corrected chi connectivity index (χ1v) is 8.10. The van der Waals surface area contributed by atoms with Gasteiger partial charge >= 0.3 is 0 Å². The molecule has 0 saturated heterocycles. The Bertz CT molecular complexity index is 796. The Morgan fingerprint density at radius 3 is 2.38 bits per heavy atom. The first-order valence-electron chi connectivity index (χ1n) is 5.83. The summed E-state index contributed by atoms with van der Waals surface area (Å²) in [4.78, 5) is 0.111. The highest BCUT2D eigenvalue weighted by molar-refractivity contribution is 9.10. The van der Waals surface area contributed by atoms with Gasteiger partial charge in [-0.05, 0) is 58.4 Å². The smallest absolute Gasteiger partial charge is 0.261 e. The van der Waals surface area contributed by atoms with E-state index in [0.29, 0.717) is 21.5 Å². The third-order valence-corrected chi connectivity index (χ3v) is 4.70. The third kappa shape index (κ3) is 3.54. The van der Waals surface area contributed by atoms with Crippen LogP contribution in [0.3, 0.4) is 0 Å². The number of halogens is 1. The molecule has 0 aliphatic heterocycles. The molecule has 2 rings (SSSR count). The molecule has 0 amide bonds. The molecule has 2 aromatic rings. The van der Waals surface area contributed by atoms with Crippen molar-refractivity contribution >= 4 is 31.6 Å². The van der Waals surface area contributed by atoms with E-state index in [9.17, 15) is 8.42 Å². The molecule has 21 heavy (non-hydrogen) atoms. The molecule has 108 valence electrons. The first kappa shape index (κ1) is 15.4. The minimum atomic E-state index is -3.70. The van der Waals surface area contributed by atoms with E-state index in [1.54, 1.807) is 18.2 Å². The first-order chi connectivity index (χ1) is 9.96. The van der Waals surface area contributed by atoms with E-state index in [1.165, 1.54) is 31.4 Å². The van der Waals surface area contributed by atoms with E-state index in [2.05, 4.69) is 20.7 Å². The Hall–Kier alpha value is -2.04. The zero-order chi connectivity index (χ0) is 15.5. The quantitative estimate of drug-likeness (QED) is 0.901. The van der Waals surface area contributed by atoms with E-state index in [4.69, 9.17) is 10.00 Å². The number of anilines is 1. The second-order valence-electron chi connectivity index (χ2n) is 4.09. The van der Waals surface area contributed by atoms with Gasteiger partial charge in [0.05, 0.1) is 28.1 Å². The predicted molar refractivity (Wildman–Crippen MR) is 82.7 cm³/mol. The van der Waals surface area contributed by atoms with Gasteiger partial charge in [0.2, 0.25) is 0 Å². The lowest BCUT2D eigenvalue weighted by Gasteiger charge is -2.10. The highest BCUT2D eigenvalue weighted by Gasteiger charge is 2.16. The number of benzene rings is 2. The average molecular weight is 367 g/mol. The molecule has 0 aromatic heterocycles. The van der Waals surface area contributed by atoms with E-state index < -0.39 is 10.0 Å². The van der Waals surface area contributed by atoms with Crippen LogP contribution in [0.5, 0.6) is 5.75 Å². The van der Waals surface area contributed by atoms with Gasteiger partial charge in [-0.15, -0.1) is 0 Å². The number of rotatable bonds is 4. The number of hydrogen-bond donors (Lipinski definition) is 1. The monoisotopic (exact) mass is 366 g/mol. The van der Waals surface area contributed by atoms with Gasteiger partial charge in [-0.25, -0.2) is 8.42 Å². The molecule has 1 N–H and O–H groups in total. The highest BCUT2D eigenvalue weighted by Crippen LogP contribution is 2.28. The Morgan fingerprint density at radius 1 is 1.19 bits per heavy atom. The SMILES string of the molecule is COc1ccc(S(=O)(=O)Nc2ccc(C#N)cc2)cc1Br.